The van der Waals surface area contributed by atoms with Gasteiger partial charge in [-0.1, -0.05) is 0 Å². The molecule has 1 saturated heterocycles. The molecule has 0 radical (unpaired) electrons. The largest absolute Gasteiger partial charge is 0.480 e. The highest BCUT2D eigenvalue weighted by Gasteiger charge is 2.52. The van der Waals surface area contributed by atoms with Crippen molar-refractivity contribution in [3.63, 3.8) is 0 Å². The summed E-state index contributed by atoms with van der Waals surface area (Å²) in [7, 11) is 1.77. The number of nitrogens with zero attached hydrogens (tertiary/aromatic N) is 1. The van der Waals surface area contributed by atoms with Crippen molar-refractivity contribution < 1.29 is 14.6 Å². The Hall–Kier alpha value is -0.650. The number of hydrogen-bond acceptors (Lipinski definition) is 4. The lowest BCUT2D eigenvalue weighted by molar-refractivity contribution is -0.154. The van der Waals surface area contributed by atoms with Crippen LogP contribution in [0, 0.1) is 5.92 Å². The third kappa shape index (κ3) is 3.09. The number of carbonyl (C=O) groups is 1. The van der Waals surface area contributed by atoms with E-state index in [1.807, 2.05) is 6.92 Å². The molecule has 5 heteroatoms. The van der Waals surface area contributed by atoms with Crippen molar-refractivity contribution in [2.75, 3.05) is 26.7 Å². The van der Waals surface area contributed by atoms with E-state index in [2.05, 4.69) is 24.1 Å². The Bertz CT molecular complexity index is 355. The van der Waals surface area contributed by atoms with Crippen LogP contribution >= 0.6 is 0 Å². The first kappa shape index (κ1) is 14.8. The summed E-state index contributed by atoms with van der Waals surface area (Å²) in [6.45, 7) is 8.31. The van der Waals surface area contributed by atoms with Crippen LogP contribution in [0.5, 0.6) is 0 Å². The highest BCUT2D eigenvalue weighted by atomic mass is 16.5. The standard InChI is InChI=1S/C14H26N2O3/c1-10-7-16(8-13(2,3)19-10)9-14(15-4,12(17)18)11-5-6-11/h10-11,15H,5-9H2,1-4H3,(H,17,18). The molecule has 2 N–H and O–H groups in total. The fourth-order valence-electron chi connectivity index (χ4n) is 3.40. The van der Waals surface area contributed by atoms with Crippen LogP contribution in [0.1, 0.15) is 33.6 Å². The van der Waals surface area contributed by atoms with E-state index in [-0.39, 0.29) is 17.6 Å². The third-order valence-corrected chi connectivity index (χ3v) is 4.21. The average Bonchev–Trinajstić information content (AvgIpc) is 3.06. The summed E-state index contributed by atoms with van der Waals surface area (Å²) in [5, 5.41) is 12.7. The second-order valence-corrected chi connectivity index (χ2v) is 6.66. The Morgan fingerprint density at radius 3 is 2.58 bits per heavy atom. The van der Waals surface area contributed by atoms with Crippen LogP contribution in [-0.2, 0) is 9.53 Å². The maximum Gasteiger partial charge on any atom is 0.325 e. The summed E-state index contributed by atoms with van der Waals surface area (Å²) in [5.74, 6) is -0.467. The van der Waals surface area contributed by atoms with E-state index in [0.717, 1.165) is 25.9 Å². The molecule has 1 aliphatic heterocycles. The Morgan fingerprint density at radius 2 is 2.16 bits per heavy atom. The van der Waals surface area contributed by atoms with Gasteiger partial charge in [0.15, 0.2) is 0 Å². The van der Waals surface area contributed by atoms with Crippen LogP contribution in [0.4, 0.5) is 0 Å². The minimum atomic E-state index is -0.798. The lowest BCUT2D eigenvalue weighted by atomic mass is 9.91. The van der Waals surface area contributed by atoms with E-state index in [1.165, 1.54) is 0 Å². The Morgan fingerprint density at radius 1 is 1.53 bits per heavy atom. The van der Waals surface area contributed by atoms with Crippen LogP contribution in [-0.4, -0.2) is 59.9 Å². The van der Waals surface area contributed by atoms with E-state index >= 15 is 0 Å². The average molecular weight is 270 g/mol. The number of rotatable bonds is 5. The van der Waals surface area contributed by atoms with Crippen LogP contribution in [0.2, 0.25) is 0 Å². The van der Waals surface area contributed by atoms with Gasteiger partial charge in [0.2, 0.25) is 0 Å². The van der Waals surface area contributed by atoms with Crippen molar-refractivity contribution in [3.8, 4) is 0 Å². The zero-order valence-electron chi connectivity index (χ0n) is 12.4. The molecule has 0 amide bonds. The van der Waals surface area contributed by atoms with Crippen LogP contribution < -0.4 is 5.32 Å². The molecule has 2 fully saturated rings. The Kier molecular flexibility index (Phi) is 3.91. The van der Waals surface area contributed by atoms with Crippen molar-refractivity contribution in [1.82, 2.24) is 10.2 Å². The number of carboxylic acids is 1. The van der Waals surface area contributed by atoms with Crippen molar-refractivity contribution in [2.45, 2.75) is 50.9 Å². The predicted octanol–water partition coefficient (Wildman–Crippen LogP) is 0.939. The molecule has 2 atom stereocenters. The number of hydrogen-bond donors (Lipinski definition) is 2. The predicted molar refractivity (Wildman–Crippen MR) is 73.2 cm³/mol. The Labute approximate surface area is 115 Å². The van der Waals surface area contributed by atoms with Gasteiger partial charge in [-0.3, -0.25) is 9.69 Å². The molecule has 0 aromatic carbocycles. The third-order valence-electron chi connectivity index (χ3n) is 4.21. The van der Waals surface area contributed by atoms with Gasteiger partial charge in [0.1, 0.15) is 5.54 Å². The number of ether oxygens (including phenoxy) is 1. The highest BCUT2D eigenvalue weighted by Crippen LogP contribution is 2.40. The molecule has 0 aromatic heterocycles. The minimum absolute atomic E-state index is 0.145. The van der Waals surface area contributed by atoms with Crippen molar-refractivity contribution in [3.05, 3.63) is 0 Å². The second kappa shape index (κ2) is 5.04. The van der Waals surface area contributed by atoms with Gasteiger partial charge in [-0.15, -0.1) is 0 Å². The molecule has 110 valence electrons. The molecule has 0 bridgehead atoms. The molecular weight excluding hydrogens is 244 g/mol. The van der Waals surface area contributed by atoms with E-state index < -0.39 is 11.5 Å². The fourth-order valence-corrected chi connectivity index (χ4v) is 3.40. The summed E-state index contributed by atoms with van der Waals surface area (Å²) >= 11 is 0. The van der Waals surface area contributed by atoms with Gasteiger partial charge >= 0.3 is 5.97 Å². The molecule has 2 rings (SSSR count). The molecule has 0 aromatic rings. The topological polar surface area (TPSA) is 61.8 Å². The van der Waals surface area contributed by atoms with Crippen LogP contribution in [0.25, 0.3) is 0 Å². The molecule has 1 saturated carbocycles. The molecule has 19 heavy (non-hydrogen) atoms. The monoisotopic (exact) mass is 270 g/mol. The number of aliphatic carboxylic acids is 1. The summed E-state index contributed by atoms with van der Waals surface area (Å²) in [5.41, 5.74) is -1.01. The normalized spacial score (nSPS) is 30.8. The van der Waals surface area contributed by atoms with Crippen LogP contribution in [0.15, 0.2) is 0 Å². The second-order valence-electron chi connectivity index (χ2n) is 6.66. The molecule has 1 aliphatic carbocycles. The highest BCUT2D eigenvalue weighted by molar-refractivity contribution is 5.80. The van der Waals surface area contributed by atoms with E-state index in [0.29, 0.717) is 6.54 Å². The van der Waals surface area contributed by atoms with Gasteiger partial charge in [0.05, 0.1) is 11.7 Å². The summed E-state index contributed by atoms with van der Waals surface area (Å²) < 4.78 is 5.88. The zero-order valence-corrected chi connectivity index (χ0v) is 12.4. The van der Waals surface area contributed by atoms with Gasteiger partial charge < -0.3 is 15.2 Å². The SMILES string of the molecule is CNC(CN1CC(C)OC(C)(C)C1)(C(=O)O)C1CC1. The lowest BCUT2D eigenvalue weighted by Gasteiger charge is -2.45. The summed E-state index contributed by atoms with van der Waals surface area (Å²) in [6, 6.07) is 0. The number of morpholine rings is 1. The van der Waals surface area contributed by atoms with E-state index in [1.54, 1.807) is 7.05 Å². The quantitative estimate of drug-likeness (QED) is 0.778. The van der Waals surface area contributed by atoms with Gasteiger partial charge in [0, 0.05) is 19.6 Å². The first-order valence-electron chi connectivity index (χ1n) is 7.11. The Balaban J connectivity index is 2.11. The molecule has 0 spiro atoms. The van der Waals surface area contributed by atoms with Gasteiger partial charge in [0.25, 0.3) is 0 Å². The van der Waals surface area contributed by atoms with E-state index in [9.17, 15) is 9.90 Å². The maximum atomic E-state index is 11.7. The minimum Gasteiger partial charge on any atom is -0.480 e. The molecule has 2 aliphatic rings. The number of nitrogens with one attached hydrogen (secondary N) is 1. The van der Waals surface area contributed by atoms with Crippen molar-refractivity contribution in [2.24, 2.45) is 5.92 Å². The fraction of sp³-hybridized carbons (Fsp3) is 0.929. The number of carboxylic acid groups (broad SMARTS) is 1. The van der Waals surface area contributed by atoms with Gasteiger partial charge in [-0.2, -0.15) is 0 Å². The molecular formula is C14H26N2O3. The number of likely N-dealkylation sites (N-methyl/N-ethyl adjacent to an activating group) is 1. The van der Waals surface area contributed by atoms with Crippen molar-refractivity contribution in [1.29, 1.82) is 0 Å². The summed E-state index contributed by atoms with van der Waals surface area (Å²) in [4.78, 5) is 14.0. The molecule has 5 nitrogen and oxygen atoms in total. The van der Waals surface area contributed by atoms with Crippen molar-refractivity contribution >= 4 is 5.97 Å². The van der Waals surface area contributed by atoms with E-state index in [4.69, 9.17) is 4.74 Å². The summed E-state index contributed by atoms with van der Waals surface area (Å²) in [6.07, 6.45) is 2.17. The van der Waals surface area contributed by atoms with Gasteiger partial charge in [-0.05, 0) is 46.6 Å². The van der Waals surface area contributed by atoms with Crippen LogP contribution in [0.3, 0.4) is 0 Å². The maximum absolute atomic E-state index is 11.7. The first-order chi connectivity index (χ1) is 8.79. The zero-order chi connectivity index (χ0) is 14.3. The smallest absolute Gasteiger partial charge is 0.325 e. The molecule has 1 heterocycles. The van der Waals surface area contributed by atoms with Gasteiger partial charge in [-0.25, -0.2) is 0 Å². The first-order valence-corrected chi connectivity index (χ1v) is 7.11. The molecule has 2 unspecified atom stereocenters. The lowest BCUT2D eigenvalue weighted by Crippen LogP contribution is -2.63.